The first-order valence-corrected chi connectivity index (χ1v) is 9.47. The number of nitrogens with zero attached hydrogens (tertiary/aromatic N) is 3. The molecule has 156 valence electrons. The standard InChI is InChI=1S/C22H22F2N4O2/c1-4-27(13-20(29)26-21-17(23)9-7-10-18(21)24)22(30)16-12-25-28(15(16)3)19-11-6-5-8-14(19)2/h5-12H,4,13H2,1-3H3,(H,26,29). The van der Waals surface area contributed by atoms with Gasteiger partial charge in [-0.3, -0.25) is 9.59 Å². The molecule has 2 amide bonds. The van der Waals surface area contributed by atoms with Crippen molar-refractivity contribution in [3.05, 3.63) is 77.1 Å². The van der Waals surface area contributed by atoms with Crippen LogP contribution in [0.4, 0.5) is 14.5 Å². The summed E-state index contributed by atoms with van der Waals surface area (Å²) in [5.74, 6) is -2.85. The van der Waals surface area contributed by atoms with Gasteiger partial charge in [-0.05, 0) is 44.5 Å². The lowest BCUT2D eigenvalue weighted by molar-refractivity contribution is -0.116. The van der Waals surface area contributed by atoms with E-state index in [0.717, 1.165) is 23.4 Å². The van der Waals surface area contributed by atoms with Gasteiger partial charge >= 0.3 is 0 Å². The predicted octanol–water partition coefficient (Wildman–Crippen LogP) is 3.87. The van der Waals surface area contributed by atoms with Gasteiger partial charge in [-0.25, -0.2) is 13.5 Å². The Balaban J connectivity index is 1.78. The molecule has 6 nitrogen and oxygen atoms in total. The number of aromatic nitrogens is 2. The van der Waals surface area contributed by atoms with E-state index < -0.39 is 23.2 Å². The second-order valence-corrected chi connectivity index (χ2v) is 6.81. The van der Waals surface area contributed by atoms with E-state index in [2.05, 4.69) is 10.4 Å². The molecule has 0 radical (unpaired) electrons. The second kappa shape index (κ2) is 8.86. The van der Waals surface area contributed by atoms with Crippen LogP contribution in [0.25, 0.3) is 5.69 Å². The molecule has 3 rings (SSSR count). The highest BCUT2D eigenvalue weighted by Gasteiger charge is 2.23. The van der Waals surface area contributed by atoms with E-state index in [-0.39, 0.29) is 19.0 Å². The first-order chi connectivity index (χ1) is 14.3. The molecule has 1 N–H and O–H groups in total. The maximum Gasteiger partial charge on any atom is 0.257 e. The summed E-state index contributed by atoms with van der Waals surface area (Å²) < 4.78 is 29.2. The van der Waals surface area contributed by atoms with Gasteiger partial charge < -0.3 is 10.2 Å². The van der Waals surface area contributed by atoms with Gasteiger partial charge in [0.15, 0.2) is 0 Å². The predicted molar refractivity (Wildman–Crippen MR) is 110 cm³/mol. The molecule has 1 aromatic heterocycles. The summed E-state index contributed by atoms with van der Waals surface area (Å²) in [7, 11) is 0. The monoisotopic (exact) mass is 412 g/mol. The van der Waals surface area contributed by atoms with Gasteiger partial charge in [0.25, 0.3) is 5.91 Å². The van der Waals surface area contributed by atoms with Gasteiger partial charge in [0, 0.05) is 6.54 Å². The molecule has 1 heterocycles. The van der Waals surface area contributed by atoms with Crippen molar-refractivity contribution >= 4 is 17.5 Å². The molecule has 8 heteroatoms. The summed E-state index contributed by atoms with van der Waals surface area (Å²) in [6.45, 7) is 5.33. The fraction of sp³-hybridized carbons (Fsp3) is 0.227. The lowest BCUT2D eigenvalue weighted by atomic mass is 10.2. The van der Waals surface area contributed by atoms with Crippen LogP contribution in [0.2, 0.25) is 0 Å². The van der Waals surface area contributed by atoms with Crippen molar-refractivity contribution in [1.82, 2.24) is 14.7 Å². The Bertz CT molecular complexity index is 1070. The Hall–Kier alpha value is -3.55. The Morgan fingerprint density at radius 3 is 2.37 bits per heavy atom. The van der Waals surface area contributed by atoms with E-state index in [1.807, 2.05) is 31.2 Å². The fourth-order valence-corrected chi connectivity index (χ4v) is 3.13. The van der Waals surface area contributed by atoms with Crippen molar-refractivity contribution in [2.24, 2.45) is 0 Å². The van der Waals surface area contributed by atoms with Gasteiger partial charge in [0.05, 0.1) is 23.1 Å². The molecule has 30 heavy (non-hydrogen) atoms. The van der Waals surface area contributed by atoms with Crippen LogP contribution in [0.1, 0.15) is 28.5 Å². The molecule has 0 saturated carbocycles. The van der Waals surface area contributed by atoms with Crippen molar-refractivity contribution in [2.45, 2.75) is 20.8 Å². The molecular weight excluding hydrogens is 390 g/mol. The average molecular weight is 412 g/mol. The summed E-state index contributed by atoms with van der Waals surface area (Å²) >= 11 is 0. The number of likely N-dealkylation sites (N-methyl/N-ethyl adjacent to an activating group) is 1. The molecule has 0 unspecified atom stereocenters. The Labute approximate surface area is 173 Å². The number of rotatable bonds is 6. The minimum absolute atomic E-state index is 0.237. The third-order valence-electron chi connectivity index (χ3n) is 4.81. The zero-order chi connectivity index (χ0) is 21.8. The van der Waals surface area contributed by atoms with Crippen molar-refractivity contribution in [3.8, 4) is 5.69 Å². The maximum absolute atomic E-state index is 13.8. The van der Waals surface area contributed by atoms with Crippen LogP contribution in [0, 0.1) is 25.5 Å². The summed E-state index contributed by atoms with van der Waals surface area (Å²) in [4.78, 5) is 26.6. The van der Waals surface area contributed by atoms with Crippen LogP contribution >= 0.6 is 0 Å². The quantitative estimate of drug-likeness (QED) is 0.668. The Morgan fingerprint density at radius 2 is 1.73 bits per heavy atom. The minimum atomic E-state index is -0.881. The van der Waals surface area contributed by atoms with Crippen molar-refractivity contribution < 1.29 is 18.4 Å². The molecular formula is C22H22F2N4O2. The number of carbonyl (C=O) groups is 2. The van der Waals surface area contributed by atoms with E-state index in [9.17, 15) is 18.4 Å². The first kappa shape index (κ1) is 21.2. The number of aryl methyl sites for hydroxylation is 1. The van der Waals surface area contributed by atoms with Crippen molar-refractivity contribution in [3.63, 3.8) is 0 Å². The molecule has 3 aromatic rings. The van der Waals surface area contributed by atoms with Crippen LogP contribution in [0.5, 0.6) is 0 Å². The molecule has 0 aliphatic heterocycles. The summed E-state index contributed by atoms with van der Waals surface area (Å²) in [5.41, 5.74) is 2.30. The van der Waals surface area contributed by atoms with Crippen LogP contribution < -0.4 is 5.32 Å². The fourth-order valence-electron chi connectivity index (χ4n) is 3.13. The number of carbonyl (C=O) groups excluding carboxylic acids is 2. The average Bonchev–Trinajstić information content (AvgIpc) is 3.10. The zero-order valence-corrected chi connectivity index (χ0v) is 16.9. The molecule has 0 aliphatic carbocycles. The second-order valence-electron chi connectivity index (χ2n) is 6.81. The van der Waals surface area contributed by atoms with E-state index >= 15 is 0 Å². The van der Waals surface area contributed by atoms with Crippen molar-refractivity contribution in [2.75, 3.05) is 18.4 Å². The molecule has 0 fully saturated rings. The molecule has 0 spiro atoms. The van der Waals surface area contributed by atoms with Crippen LogP contribution in [0.15, 0.2) is 48.7 Å². The van der Waals surface area contributed by atoms with Gasteiger partial charge in [0.2, 0.25) is 5.91 Å². The molecule has 0 bridgehead atoms. The van der Waals surface area contributed by atoms with E-state index in [4.69, 9.17) is 0 Å². The summed E-state index contributed by atoms with van der Waals surface area (Å²) in [5, 5.41) is 6.52. The largest absolute Gasteiger partial charge is 0.329 e. The SMILES string of the molecule is CCN(CC(=O)Nc1c(F)cccc1F)C(=O)c1cnn(-c2ccccc2C)c1C. The maximum atomic E-state index is 13.8. The van der Waals surface area contributed by atoms with Crippen LogP contribution in [0.3, 0.4) is 0 Å². The molecule has 0 saturated heterocycles. The summed E-state index contributed by atoms with van der Waals surface area (Å²) in [6, 6.07) is 10.9. The third kappa shape index (κ3) is 4.22. The van der Waals surface area contributed by atoms with Gasteiger partial charge in [-0.2, -0.15) is 5.10 Å². The van der Waals surface area contributed by atoms with Crippen LogP contribution in [-0.2, 0) is 4.79 Å². The number of nitrogens with one attached hydrogen (secondary N) is 1. The van der Waals surface area contributed by atoms with Gasteiger partial charge in [0.1, 0.15) is 23.9 Å². The minimum Gasteiger partial charge on any atom is -0.329 e. The smallest absolute Gasteiger partial charge is 0.257 e. The Kier molecular flexibility index (Phi) is 6.25. The number of benzene rings is 2. The topological polar surface area (TPSA) is 67.2 Å². The lowest BCUT2D eigenvalue weighted by Crippen LogP contribution is -2.38. The van der Waals surface area contributed by atoms with E-state index in [1.165, 1.54) is 17.2 Å². The number of anilines is 1. The van der Waals surface area contributed by atoms with Gasteiger partial charge in [-0.15, -0.1) is 0 Å². The number of halogens is 2. The number of amides is 2. The molecule has 2 aromatic carbocycles. The zero-order valence-electron chi connectivity index (χ0n) is 16.9. The highest BCUT2D eigenvalue weighted by Crippen LogP contribution is 2.20. The highest BCUT2D eigenvalue weighted by molar-refractivity contribution is 6.00. The first-order valence-electron chi connectivity index (χ1n) is 9.47. The number of para-hydroxylation sites is 2. The molecule has 0 atom stereocenters. The normalized spacial score (nSPS) is 10.7. The number of hydrogen-bond acceptors (Lipinski definition) is 3. The lowest BCUT2D eigenvalue weighted by Gasteiger charge is -2.20. The third-order valence-corrected chi connectivity index (χ3v) is 4.81. The summed E-state index contributed by atoms with van der Waals surface area (Å²) in [6.07, 6.45) is 1.46. The van der Waals surface area contributed by atoms with Crippen LogP contribution in [-0.4, -0.2) is 39.6 Å². The molecule has 0 aliphatic rings. The highest BCUT2D eigenvalue weighted by atomic mass is 19.1. The number of hydrogen-bond donors (Lipinski definition) is 1. The van der Waals surface area contributed by atoms with Gasteiger partial charge in [-0.1, -0.05) is 24.3 Å². The van der Waals surface area contributed by atoms with E-state index in [1.54, 1.807) is 18.5 Å². The Morgan fingerprint density at radius 1 is 1.07 bits per heavy atom. The van der Waals surface area contributed by atoms with E-state index in [0.29, 0.717) is 11.3 Å². The van der Waals surface area contributed by atoms with Crippen molar-refractivity contribution in [1.29, 1.82) is 0 Å².